The van der Waals surface area contributed by atoms with Crippen molar-refractivity contribution in [2.45, 2.75) is 25.8 Å². The van der Waals surface area contributed by atoms with Gasteiger partial charge in [0.05, 0.1) is 11.0 Å². The second-order valence-corrected chi connectivity index (χ2v) is 5.68. The van der Waals surface area contributed by atoms with Crippen molar-refractivity contribution < 1.29 is 14.7 Å². The quantitative estimate of drug-likeness (QED) is 0.891. The van der Waals surface area contributed by atoms with E-state index in [4.69, 9.17) is 5.11 Å². The van der Waals surface area contributed by atoms with Crippen molar-refractivity contribution in [1.82, 2.24) is 5.32 Å². The molecule has 0 fully saturated rings. The van der Waals surface area contributed by atoms with Crippen LogP contribution in [0, 0.1) is 0 Å². The van der Waals surface area contributed by atoms with Gasteiger partial charge in [-0.3, -0.25) is 4.79 Å². The molecule has 0 aliphatic heterocycles. The monoisotopic (exact) mass is 297 g/mol. The van der Waals surface area contributed by atoms with Crippen LogP contribution in [0.1, 0.15) is 35.3 Å². The van der Waals surface area contributed by atoms with Crippen LogP contribution in [0.2, 0.25) is 0 Å². The molecule has 0 atom stereocenters. The third-order valence-corrected chi connectivity index (χ3v) is 3.72. The van der Waals surface area contributed by atoms with Crippen LogP contribution < -0.4 is 5.32 Å². The maximum Gasteiger partial charge on any atom is 0.335 e. The van der Waals surface area contributed by atoms with Crippen LogP contribution in [0.3, 0.4) is 0 Å². The number of hydrogen-bond acceptors (Lipinski definition) is 2. The summed E-state index contributed by atoms with van der Waals surface area (Å²) in [6, 6.07) is 16.1. The van der Waals surface area contributed by atoms with Crippen LogP contribution in [0.5, 0.6) is 0 Å². The summed E-state index contributed by atoms with van der Waals surface area (Å²) >= 11 is 0. The standard InChI is InChI=1S/C18H19NO3/c1-18(2,15-6-4-3-5-7-15)17(22)19-12-13-8-10-14(11-9-13)16(20)21/h3-11H,12H2,1-2H3,(H,19,22)(H,20,21). The summed E-state index contributed by atoms with van der Waals surface area (Å²) in [6.45, 7) is 4.13. The number of benzene rings is 2. The molecule has 4 heteroatoms. The SMILES string of the molecule is CC(C)(C(=O)NCc1ccc(C(=O)O)cc1)c1ccccc1. The van der Waals surface area contributed by atoms with Crippen molar-refractivity contribution in [3.05, 3.63) is 71.3 Å². The van der Waals surface area contributed by atoms with Gasteiger partial charge in [-0.15, -0.1) is 0 Å². The molecule has 0 heterocycles. The predicted octanol–water partition coefficient (Wildman–Crippen LogP) is 2.98. The summed E-state index contributed by atoms with van der Waals surface area (Å²) in [5.41, 5.74) is 1.43. The minimum atomic E-state index is -0.958. The lowest BCUT2D eigenvalue weighted by molar-refractivity contribution is -0.125. The number of carbonyl (C=O) groups is 2. The molecule has 0 saturated carbocycles. The molecule has 22 heavy (non-hydrogen) atoms. The number of carboxylic acid groups (broad SMARTS) is 1. The molecule has 0 unspecified atom stereocenters. The molecule has 0 spiro atoms. The van der Waals surface area contributed by atoms with E-state index >= 15 is 0 Å². The fourth-order valence-corrected chi connectivity index (χ4v) is 2.15. The topological polar surface area (TPSA) is 66.4 Å². The third kappa shape index (κ3) is 3.52. The molecular weight excluding hydrogens is 278 g/mol. The van der Waals surface area contributed by atoms with E-state index in [-0.39, 0.29) is 11.5 Å². The molecule has 2 aromatic rings. The zero-order valence-corrected chi connectivity index (χ0v) is 12.7. The fraction of sp³-hybridized carbons (Fsp3) is 0.222. The fourth-order valence-electron chi connectivity index (χ4n) is 2.15. The lowest BCUT2D eigenvalue weighted by atomic mass is 9.84. The molecular formula is C18H19NO3. The Kier molecular flexibility index (Phi) is 4.61. The van der Waals surface area contributed by atoms with Crippen molar-refractivity contribution in [1.29, 1.82) is 0 Å². The van der Waals surface area contributed by atoms with Crippen molar-refractivity contribution in [3.63, 3.8) is 0 Å². The second kappa shape index (κ2) is 6.43. The Morgan fingerprint density at radius 1 is 1.00 bits per heavy atom. The van der Waals surface area contributed by atoms with Crippen LogP contribution in [0.15, 0.2) is 54.6 Å². The van der Waals surface area contributed by atoms with E-state index in [1.807, 2.05) is 44.2 Å². The average molecular weight is 297 g/mol. The van der Waals surface area contributed by atoms with Gasteiger partial charge in [-0.05, 0) is 37.1 Å². The van der Waals surface area contributed by atoms with E-state index in [0.717, 1.165) is 11.1 Å². The zero-order valence-electron chi connectivity index (χ0n) is 12.7. The molecule has 0 saturated heterocycles. The van der Waals surface area contributed by atoms with Gasteiger partial charge in [-0.1, -0.05) is 42.5 Å². The molecule has 1 amide bonds. The van der Waals surface area contributed by atoms with E-state index in [0.29, 0.717) is 6.54 Å². The Labute approximate surface area is 129 Å². The molecule has 0 aliphatic carbocycles. The number of carboxylic acids is 1. The largest absolute Gasteiger partial charge is 0.478 e. The van der Waals surface area contributed by atoms with Gasteiger partial charge in [0.1, 0.15) is 0 Å². The first-order valence-corrected chi connectivity index (χ1v) is 7.07. The van der Waals surface area contributed by atoms with Crippen molar-refractivity contribution >= 4 is 11.9 Å². The minimum Gasteiger partial charge on any atom is -0.478 e. The lowest BCUT2D eigenvalue weighted by Crippen LogP contribution is -2.39. The molecule has 2 N–H and O–H groups in total. The Morgan fingerprint density at radius 2 is 1.59 bits per heavy atom. The van der Waals surface area contributed by atoms with E-state index in [2.05, 4.69) is 5.32 Å². The van der Waals surface area contributed by atoms with Gasteiger partial charge in [0, 0.05) is 6.54 Å². The van der Waals surface area contributed by atoms with Crippen molar-refractivity contribution in [2.75, 3.05) is 0 Å². The lowest BCUT2D eigenvalue weighted by Gasteiger charge is -2.24. The van der Waals surface area contributed by atoms with E-state index in [1.165, 1.54) is 12.1 Å². The van der Waals surface area contributed by atoms with Crippen LogP contribution in [-0.2, 0) is 16.8 Å². The predicted molar refractivity (Wildman–Crippen MR) is 84.7 cm³/mol. The molecule has 0 aliphatic rings. The first kappa shape index (κ1) is 15.8. The third-order valence-electron chi connectivity index (χ3n) is 3.72. The molecule has 114 valence electrons. The van der Waals surface area contributed by atoms with Crippen LogP contribution in [0.4, 0.5) is 0 Å². The highest BCUT2D eigenvalue weighted by Crippen LogP contribution is 2.23. The Bertz CT molecular complexity index is 660. The first-order chi connectivity index (χ1) is 10.4. The second-order valence-electron chi connectivity index (χ2n) is 5.68. The van der Waals surface area contributed by atoms with Crippen molar-refractivity contribution in [2.24, 2.45) is 0 Å². The van der Waals surface area contributed by atoms with Gasteiger partial charge in [0.2, 0.25) is 5.91 Å². The van der Waals surface area contributed by atoms with Gasteiger partial charge >= 0.3 is 5.97 Å². The molecule has 4 nitrogen and oxygen atoms in total. The minimum absolute atomic E-state index is 0.0685. The first-order valence-electron chi connectivity index (χ1n) is 7.07. The number of hydrogen-bond donors (Lipinski definition) is 2. The van der Waals surface area contributed by atoms with E-state index in [1.54, 1.807) is 12.1 Å². The normalized spacial score (nSPS) is 11.0. The van der Waals surface area contributed by atoms with Gasteiger partial charge < -0.3 is 10.4 Å². The van der Waals surface area contributed by atoms with Crippen LogP contribution in [0.25, 0.3) is 0 Å². The number of aromatic carboxylic acids is 1. The van der Waals surface area contributed by atoms with Gasteiger partial charge in [-0.25, -0.2) is 4.79 Å². The number of rotatable bonds is 5. The number of nitrogens with one attached hydrogen (secondary N) is 1. The maximum absolute atomic E-state index is 12.4. The zero-order chi connectivity index (χ0) is 16.2. The Morgan fingerprint density at radius 3 is 2.14 bits per heavy atom. The maximum atomic E-state index is 12.4. The highest BCUT2D eigenvalue weighted by molar-refractivity contribution is 5.88. The average Bonchev–Trinajstić information content (AvgIpc) is 2.53. The van der Waals surface area contributed by atoms with Crippen LogP contribution in [-0.4, -0.2) is 17.0 Å². The summed E-state index contributed by atoms with van der Waals surface area (Å²) in [7, 11) is 0. The van der Waals surface area contributed by atoms with Gasteiger partial charge in [-0.2, -0.15) is 0 Å². The molecule has 0 radical (unpaired) electrons. The highest BCUT2D eigenvalue weighted by Gasteiger charge is 2.29. The Hall–Kier alpha value is -2.62. The molecule has 2 aromatic carbocycles. The molecule has 0 aromatic heterocycles. The number of amides is 1. The summed E-state index contributed by atoms with van der Waals surface area (Å²) in [6.07, 6.45) is 0. The molecule has 2 rings (SSSR count). The summed E-state index contributed by atoms with van der Waals surface area (Å²) in [5.74, 6) is -1.03. The van der Waals surface area contributed by atoms with Crippen molar-refractivity contribution in [3.8, 4) is 0 Å². The summed E-state index contributed by atoms with van der Waals surface area (Å²) in [4.78, 5) is 23.2. The Balaban J connectivity index is 2.02. The van der Waals surface area contributed by atoms with E-state index < -0.39 is 11.4 Å². The summed E-state index contributed by atoms with van der Waals surface area (Å²) in [5, 5.41) is 11.8. The number of carbonyl (C=O) groups excluding carboxylic acids is 1. The van der Waals surface area contributed by atoms with Crippen LogP contribution >= 0.6 is 0 Å². The summed E-state index contributed by atoms with van der Waals surface area (Å²) < 4.78 is 0. The smallest absolute Gasteiger partial charge is 0.335 e. The molecule has 0 bridgehead atoms. The highest BCUT2D eigenvalue weighted by atomic mass is 16.4. The van der Waals surface area contributed by atoms with E-state index in [9.17, 15) is 9.59 Å². The van der Waals surface area contributed by atoms with Gasteiger partial charge in [0.15, 0.2) is 0 Å². The van der Waals surface area contributed by atoms with Gasteiger partial charge in [0.25, 0.3) is 0 Å².